The van der Waals surface area contributed by atoms with Crippen molar-refractivity contribution in [3.05, 3.63) is 94.6 Å². The molecule has 0 unspecified atom stereocenters. The molecule has 5 rings (SSSR count). The van der Waals surface area contributed by atoms with Gasteiger partial charge in [0.15, 0.2) is 11.6 Å². The summed E-state index contributed by atoms with van der Waals surface area (Å²) in [6.45, 7) is 10.7. The van der Waals surface area contributed by atoms with E-state index in [1.807, 2.05) is 28.8 Å². The van der Waals surface area contributed by atoms with E-state index in [0.29, 0.717) is 40.0 Å². The summed E-state index contributed by atoms with van der Waals surface area (Å²) in [6, 6.07) is 13.5. The minimum absolute atomic E-state index is 0.00747. The standard InChI is InChI=1S/C48H55F5N6O8/c1-7-58(23-35-57-42-43(59(35)25-48(5,6)65)31-14-11-12-15-33(31)56-45(42)54)47(64)66-24-29-19-17-28(18-20-29)21-34(61)27(4)55-46(63)32(26(2)3)22-30(60)13-9-8-10-16-36(62)67-44-40(52)38(50)37(49)39(51)41(44)53/h11-12,14-15,17-20,26-27,32,65H,7-10,13,16,21-25H2,1-6H3,(H2,54,56)(H,55,63)/t27-,32-/m0/s1. The lowest BCUT2D eigenvalue weighted by atomic mass is 9.88. The van der Waals surface area contributed by atoms with Crippen molar-refractivity contribution in [1.82, 2.24) is 24.8 Å². The van der Waals surface area contributed by atoms with Crippen LogP contribution < -0.4 is 15.8 Å². The highest BCUT2D eigenvalue weighted by Crippen LogP contribution is 2.32. The fourth-order valence-corrected chi connectivity index (χ4v) is 7.39. The van der Waals surface area contributed by atoms with E-state index in [9.17, 15) is 51.0 Å². The van der Waals surface area contributed by atoms with E-state index in [2.05, 4.69) is 15.0 Å². The number of benzene rings is 3. The Kier molecular flexibility index (Phi) is 17.2. The lowest BCUT2D eigenvalue weighted by Gasteiger charge is -2.24. The molecule has 4 N–H and O–H groups in total. The van der Waals surface area contributed by atoms with Crippen molar-refractivity contribution < 1.29 is 60.5 Å². The SMILES string of the molecule is CCN(Cc1nc2c(N)nc3ccccc3c2n1CC(C)(C)O)C(=O)OCc1ccc(CC(=O)[C@H](C)NC(=O)[C@@H](CC(=O)CCCCCC(=O)Oc2c(F)c(F)c(F)c(F)c2F)C(C)C)cc1. The largest absolute Gasteiger partial charge is 0.445 e. The van der Waals surface area contributed by atoms with E-state index in [1.165, 1.54) is 4.90 Å². The predicted molar refractivity (Wildman–Crippen MR) is 238 cm³/mol. The van der Waals surface area contributed by atoms with Crippen molar-refractivity contribution in [3.63, 3.8) is 0 Å². The fraction of sp³-hybridized carbons (Fsp3) is 0.438. The number of unbranched alkanes of at least 4 members (excludes halogenated alkanes) is 2. The van der Waals surface area contributed by atoms with Gasteiger partial charge in [-0.05, 0) is 63.6 Å². The Bertz CT molecular complexity index is 2600. The number of ether oxygens (including phenoxy) is 2. The monoisotopic (exact) mass is 938 g/mol. The molecule has 2 atom stereocenters. The topological polar surface area (TPSA) is 196 Å². The minimum atomic E-state index is -2.38. The molecule has 0 aliphatic rings. The molecule has 0 aliphatic heterocycles. The number of para-hydroxylation sites is 1. The summed E-state index contributed by atoms with van der Waals surface area (Å²) < 4.78 is 79.6. The van der Waals surface area contributed by atoms with Crippen molar-refractivity contribution in [1.29, 1.82) is 0 Å². The summed E-state index contributed by atoms with van der Waals surface area (Å²) in [5, 5.41) is 14.3. The zero-order valence-corrected chi connectivity index (χ0v) is 38.2. The molecule has 0 bridgehead atoms. The van der Waals surface area contributed by atoms with Gasteiger partial charge < -0.3 is 35.1 Å². The van der Waals surface area contributed by atoms with E-state index in [-0.39, 0.29) is 81.5 Å². The first-order chi connectivity index (χ1) is 31.6. The minimum Gasteiger partial charge on any atom is -0.445 e. The number of fused-ring (bicyclic) bond motifs is 3. The highest BCUT2D eigenvalue weighted by atomic mass is 19.2. The molecule has 5 aromatic rings. The van der Waals surface area contributed by atoms with Gasteiger partial charge in [-0.3, -0.25) is 19.2 Å². The Labute approximate surface area is 384 Å². The first kappa shape index (κ1) is 51.5. The van der Waals surface area contributed by atoms with Gasteiger partial charge in [-0.2, -0.15) is 8.78 Å². The number of nitrogens with one attached hydrogen (secondary N) is 1. The molecule has 67 heavy (non-hydrogen) atoms. The number of amides is 2. The maximum Gasteiger partial charge on any atom is 0.410 e. The maximum atomic E-state index is 13.8. The first-order valence-electron chi connectivity index (χ1n) is 21.9. The second-order valence-corrected chi connectivity index (χ2v) is 17.4. The number of halogens is 5. The van der Waals surface area contributed by atoms with Crippen LogP contribution in [0.3, 0.4) is 0 Å². The zero-order valence-electron chi connectivity index (χ0n) is 38.2. The van der Waals surface area contributed by atoms with Crippen LogP contribution >= 0.6 is 0 Å². The Balaban J connectivity index is 1.07. The highest BCUT2D eigenvalue weighted by Gasteiger charge is 2.30. The number of hydrogen-bond donors (Lipinski definition) is 3. The highest BCUT2D eigenvalue weighted by molar-refractivity contribution is 6.06. The Morgan fingerprint density at radius 1 is 0.851 bits per heavy atom. The van der Waals surface area contributed by atoms with Crippen LogP contribution in [-0.4, -0.2) is 72.3 Å². The van der Waals surface area contributed by atoms with Gasteiger partial charge in [-0.25, -0.2) is 27.9 Å². The third-order valence-electron chi connectivity index (χ3n) is 11.1. The van der Waals surface area contributed by atoms with E-state index in [0.717, 1.165) is 5.39 Å². The molecular formula is C48H55F5N6O8. The Hall–Kier alpha value is -6.50. The Morgan fingerprint density at radius 2 is 1.46 bits per heavy atom. The molecule has 19 heteroatoms. The fourth-order valence-electron chi connectivity index (χ4n) is 7.39. The number of anilines is 1. The number of aromatic nitrogens is 3. The van der Waals surface area contributed by atoms with Crippen LogP contribution in [-0.2, 0) is 50.0 Å². The number of Topliss-reactive ketones (excluding diaryl/α,β-unsaturated/α-hetero) is 2. The molecule has 0 spiro atoms. The zero-order chi connectivity index (χ0) is 49.3. The van der Waals surface area contributed by atoms with Gasteiger partial charge >= 0.3 is 12.1 Å². The quantitative estimate of drug-likeness (QED) is 0.0151. The third kappa shape index (κ3) is 13.1. The molecule has 2 heterocycles. The van der Waals surface area contributed by atoms with Gasteiger partial charge in [-0.1, -0.05) is 62.7 Å². The molecule has 14 nitrogen and oxygen atoms in total. The number of imidazole rings is 1. The van der Waals surface area contributed by atoms with Crippen molar-refractivity contribution in [3.8, 4) is 5.75 Å². The second kappa shape index (κ2) is 22.3. The summed E-state index contributed by atoms with van der Waals surface area (Å²) in [6.07, 6.45) is -0.411. The van der Waals surface area contributed by atoms with Gasteiger partial charge in [0.1, 0.15) is 23.7 Å². The van der Waals surface area contributed by atoms with Gasteiger partial charge in [0.25, 0.3) is 0 Å². The number of rotatable bonds is 22. The van der Waals surface area contributed by atoms with E-state index in [1.54, 1.807) is 65.8 Å². The molecule has 3 aromatic carbocycles. The van der Waals surface area contributed by atoms with Crippen LogP contribution in [0.25, 0.3) is 21.9 Å². The van der Waals surface area contributed by atoms with E-state index < -0.39 is 76.8 Å². The molecule has 2 amide bonds. The van der Waals surface area contributed by atoms with E-state index in [4.69, 9.17) is 15.5 Å². The number of aliphatic hydroxyl groups is 1. The van der Waals surface area contributed by atoms with Crippen molar-refractivity contribution in [2.24, 2.45) is 11.8 Å². The average Bonchev–Trinajstić information content (AvgIpc) is 3.63. The number of nitrogens with zero attached hydrogens (tertiary/aromatic N) is 4. The molecule has 0 radical (unpaired) electrons. The van der Waals surface area contributed by atoms with Gasteiger partial charge in [0.05, 0.1) is 35.8 Å². The smallest absolute Gasteiger partial charge is 0.410 e. The third-order valence-corrected chi connectivity index (χ3v) is 11.1. The number of pyridine rings is 1. The number of ketones is 2. The molecule has 0 saturated heterocycles. The van der Waals surface area contributed by atoms with Gasteiger partial charge in [0, 0.05) is 43.5 Å². The Morgan fingerprint density at radius 3 is 2.09 bits per heavy atom. The van der Waals surface area contributed by atoms with Crippen LogP contribution in [0, 0.1) is 40.9 Å². The van der Waals surface area contributed by atoms with Gasteiger partial charge in [-0.15, -0.1) is 0 Å². The van der Waals surface area contributed by atoms with Crippen LogP contribution in [0.15, 0.2) is 48.5 Å². The van der Waals surface area contributed by atoms with Crippen LogP contribution in [0.5, 0.6) is 5.75 Å². The maximum absolute atomic E-state index is 13.8. The lowest BCUT2D eigenvalue weighted by Crippen LogP contribution is -2.44. The summed E-state index contributed by atoms with van der Waals surface area (Å²) >= 11 is 0. The summed E-state index contributed by atoms with van der Waals surface area (Å²) in [5.74, 6) is -15.6. The summed E-state index contributed by atoms with van der Waals surface area (Å²) in [5.41, 5.74) is 8.36. The number of nitrogens with two attached hydrogens (primary N) is 1. The summed E-state index contributed by atoms with van der Waals surface area (Å²) in [7, 11) is 0. The van der Waals surface area contributed by atoms with Crippen LogP contribution in [0.4, 0.5) is 32.6 Å². The molecule has 360 valence electrons. The number of nitrogen functional groups attached to an aromatic ring is 1. The van der Waals surface area contributed by atoms with Gasteiger partial charge in [0.2, 0.25) is 40.7 Å². The normalized spacial score (nSPS) is 12.6. The van der Waals surface area contributed by atoms with Crippen LogP contribution in [0.2, 0.25) is 0 Å². The lowest BCUT2D eigenvalue weighted by molar-refractivity contribution is -0.135. The molecule has 0 fully saturated rings. The number of hydrogen-bond acceptors (Lipinski definition) is 11. The summed E-state index contributed by atoms with van der Waals surface area (Å²) in [4.78, 5) is 75.4. The average molecular weight is 939 g/mol. The molecule has 0 saturated carbocycles. The van der Waals surface area contributed by atoms with Crippen LogP contribution in [0.1, 0.15) is 97.0 Å². The number of esters is 1. The van der Waals surface area contributed by atoms with Crippen molar-refractivity contribution in [2.45, 2.75) is 118 Å². The number of carbonyl (C=O) groups excluding carboxylic acids is 5. The number of carbonyl (C=O) groups is 5. The second-order valence-electron chi connectivity index (χ2n) is 17.4. The first-order valence-corrected chi connectivity index (χ1v) is 21.9. The molecule has 0 aliphatic carbocycles. The molecule has 2 aromatic heterocycles. The molecular weight excluding hydrogens is 884 g/mol. The van der Waals surface area contributed by atoms with Crippen molar-refractivity contribution >= 4 is 57.3 Å². The predicted octanol–water partition coefficient (Wildman–Crippen LogP) is 8.20. The van der Waals surface area contributed by atoms with Crippen molar-refractivity contribution in [2.75, 3.05) is 12.3 Å². The van der Waals surface area contributed by atoms with E-state index >= 15 is 0 Å².